The minimum Gasteiger partial charge on any atom is -0.493 e. The van der Waals surface area contributed by atoms with Crippen molar-refractivity contribution in [2.45, 2.75) is 19.9 Å². The van der Waals surface area contributed by atoms with E-state index in [1.54, 1.807) is 37.6 Å². The van der Waals surface area contributed by atoms with Gasteiger partial charge in [-0.15, -0.1) is 0 Å². The van der Waals surface area contributed by atoms with Crippen molar-refractivity contribution in [2.75, 3.05) is 19.1 Å². The Morgan fingerprint density at radius 3 is 2.58 bits per heavy atom. The molecule has 0 aliphatic heterocycles. The van der Waals surface area contributed by atoms with Crippen LogP contribution in [0.2, 0.25) is 20.1 Å². The summed E-state index contributed by atoms with van der Waals surface area (Å²) in [4.78, 5) is 12.7. The normalized spacial score (nSPS) is 11.1. The largest absolute Gasteiger partial charge is 0.493 e. The predicted molar refractivity (Wildman–Crippen MR) is 134 cm³/mol. The lowest BCUT2D eigenvalue weighted by molar-refractivity contribution is 0.294. The first-order valence-corrected chi connectivity index (χ1v) is 11.3. The number of anilines is 1. The standard InChI is InChI=1S/C22H20Cl4N4O3/c1-3-8-33-18-7-4-13(9-19(18)32-2)10-27-29-17-11-28-30(22(31)21(17)26)12-14-15(23)5-6-16(24)20(14)25/h4-7,9-11,29H,3,8,12H2,1-2H3/b27-10-. The van der Waals surface area contributed by atoms with Gasteiger partial charge in [-0.1, -0.05) is 53.3 Å². The van der Waals surface area contributed by atoms with E-state index in [2.05, 4.69) is 15.6 Å². The molecule has 1 heterocycles. The Kier molecular flexibility index (Phi) is 8.86. The van der Waals surface area contributed by atoms with Gasteiger partial charge in [0.2, 0.25) is 0 Å². The van der Waals surface area contributed by atoms with Gasteiger partial charge in [-0.05, 0) is 42.3 Å². The van der Waals surface area contributed by atoms with Crippen LogP contribution in [0.1, 0.15) is 24.5 Å². The van der Waals surface area contributed by atoms with E-state index < -0.39 is 5.56 Å². The van der Waals surface area contributed by atoms with E-state index in [0.29, 0.717) is 33.7 Å². The molecular formula is C22H20Cl4N4O3. The molecule has 2 aromatic carbocycles. The number of hydrogen-bond donors (Lipinski definition) is 1. The minimum atomic E-state index is -0.539. The zero-order valence-electron chi connectivity index (χ0n) is 17.7. The summed E-state index contributed by atoms with van der Waals surface area (Å²) >= 11 is 24.7. The van der Waals surface area contributed by atoms with E-state index in [-0.39, 0.29) is 22.3 Å². The molecule has 0 amide bonds. The molecule has 1 N–H and O–H groups in total. The van der Waals surface area contributed by atoms with Crippen molar-refractivity contribution in [3.05, 3.63) is 78.1 Å². The summed E-state index contributed by atoms with van der Waals surface area (Å²) in [7, 11) is 1.57. The second kappa shape index (κ2) is 11.6. The molecule has 3 aromatic rings. The highest BCUT2D eigenvalue weighted by Crippen LogP contribution is 2.32. The average molecular weight is 530 g/mol. The molecule has 11 heteroatoms. The smallest absolute Gasteiger partial charge is 0.288 e. The summed E-state index contributed by atoms with van der Waals surface area (Å²) in [5, 5.41) is 9.11. The van der Waals surface area contributed by atoms with E-state index in [1.165, 1.54) is 6.20 Å². The summed E-state index contributed by atoms with van der Waals surface area (Å²) < 4.78 is 12.1. The van der Waals surface area contributed by atoms with Crippen molar-refractivity contribution in [1.29, 1.82) is 0 Å². The quantitative estimate of drug-likeness (QED) is 0.204. The van der Waals surface area contributed by atoms with Crippen LogP contribution in [0.15, 0.2) is 46.4 Å². The lowest BCUT2D eigenvalue weighted by Gasteiger charge is -2.11. The van der Waals surface area contributed by atoms with Gasteiger partial charge < -0.3 is 9.47 Å². The Balaban J connectivity index is 1.76. The Hall–Kier alpha value is -2.45. The number of rotatable bonds is 9. The second-order valence-electron chi connectivity index (χ2n) is 6.79. The molecule has 0 radical (unpaired) electrons. The zero-order valence-corrected chi connectivity index (χ0v) is 20.8. The van der Waals surface area contributed by atoms with Gasteiger partial charge >= 0.3 is 0 Å². The topological polar surface area (TPSA) is 77.7 Å². The van der Waals surface area contributed by atoms with Gasteiger partial charge in [0, 0.05) is 10.6 Å². The Labute approximate surface area is 210 Å². The first-order chi connectivity index (χ1) is 15.8. The first-order valence-electron chi connectivity index (χ1n) is 9.83. The second-order valence-corrected chi connectivity index (χ2v) is 8.36. The van der Waals surface area contributed by atoms with Crippen LogP contribution < -0.4 is 20.5 Å². The highest BCUT2D eigenvalue weighted by atomic mass is 35.5. The lowest BCUT2D eigenvalue weighted by Crippen LogP contribution is -2.24. The van der Waals surface area contributed by atoms with Crippen molar-refractivity contribution in [3.8, 4) is 11.5 Å². The molecule has 7 nitrogen and oxygen atoms in total. The van der Waals surface area contributed by atoms with Crippen LogP contribution in [0, 0.1) is 0 Å². The fraction of sp³-hybridized carbons (Fsp3) is 0.227. The Bertz CT molecular complexity index is 1230. The fourth-order valence-corrected chi connectivity index (χ4v) is 3.65. The number of nitrogens with zero attached hydrogens (tertiary/aromatic N) is 3. The highest BCUT2D eigenvalue weighted by molar-refractivity contribution is 6.44. The van der Waals surface area contributed by atoms with Gasteiger partial charge in [0.15, 0.2) is 11.5 Å². The number of halogens is 4. The molecule has 3 rings (SSSR count). The van der Waals surface area contributed by atoms with Crippen LogP contribution in [0.5, 0.6) is 11.5 Å². The lowest BCUT2D eigenvalue weighted by atomic mass is 10.2. The zero-order chi connectivity index (χ0) is 24.0. The summed E-state index contributed by atoms with van der Waals surface area (Å²) in [6, 6.07) is 8.59. The van der Waals surface area contributed by atoms with Gasteiger partial charge in [0.05, 0.1) is 42.7 Å². The van der Waals surface area contributed by atoms with E-state index in [0.717, 1.165) is 16.7 Å². The maximum Gasteiger partial charge on any atom is 0.288 e. The number of aromatic nitrogens is 2. The van der Waals surface area contributed by atoms with E-state index >= 15 is 0 Å². The van der Waals surface area contributed by atoms with E-state index in [4.69, 9.17) is 55.9 Å². The SMILES string of the molecule is CCCOc1ccc(/C=N\Nc2cnn(Cc3c(Cl)ccc(Cl)c3Cl)c(=O)c2Cl)cc1OC. The van der Waals surface area contributed by atoms with Crippen molar-refractivity contribution in [3.63, 3.8) is 0 Å². The van der Waals surface area contributed by atoms with Gasteiger partial charge in [-0.25, -0.2) is 4.68 Å². The maximum atomic E-state index is 12.7. The molecule has 0 aliphatic rings. The average Bonchev–Trinajstić information content (AvgIpc) is 2.82. The van der Waals surface area contributed by atoms with Crippen molar-refractivity contribution < 1.29 is 9.47 Å². The van der Waals surface area contributed by atoms with Gasteiger partial charge in [0.1, 0.15) is 10.7 Å². The Morgan fingerprint density at radius 1 is 1.09 bits per heavy atom. The van der Waals surface area contributed by atoms with Gasteiger partial charge in [-0.2, -0.15) is 10.2 Å². The molecule has 0 bridgehead atoms. The van der Waals surface area contributed by atoms with Crippen LogP contribution in [0.3, 0.4) is 0 Å². The number of hydrogen-bond acceptors (Lipinski definition) is 6. The number of ether oxygens (including phenoxy) is 2. The van der Waals surface area contributed by atoms with Gasteiger partial charge in [-0.3, -0.25) is 10.2 Å². The summed E-state index contributed by atoms with van der Waals surface area (Å²) in [5.41, 5.74) is 3.66. The predicted octanol–water partition coefficient (Wildman–Crippen LogP) is 6.15. The first kappa shape index (κ1) is 25.2. The molecule has 33 heavy (non-hydrogen) atoms. The molecule has 0 spiro atoms. The van der Waals surface area contributed by atoms with Crippen LogP contribution in [0.25, 0.3) is 0 Å². The molecule has 0 fully saturated rings. The summed E-state index contributed by atoms with van der Waals surface area (Å²) in [5.74, 6) is 1.24. The minimum absolute atomic E-state index is 0.00652. The van der Waals surface area contributed by atoms with E-state index in [1.807, 2.05) is 13.0 Å². The van der Waals surface area contributed by atoms with Crippen molar-refractivity contribution >= 4 is 58.3 Å². The van der Waals surface area contributed by atoms with Crippen LogP contribution in [-0.2, 0) is 6.54 Å². The molecule has 1 aromatic heterocycles. The Morgan fingerprint density at radius 2 is 1.85 bits per heavy atom. The molecule has 0 unspecified atom stereocenters. The van der Waals surface area contributed by atoms with E-state index in [9.17, 15) is 4.79 Å². The fourth-order valence-electron chi connectivity index (χ4n) is 2.79. The molecule has 0 saturated carbocycles. The van der Waals surface area contributed by atoms with Crippen molar-refractivity contribution in [1.82, 2.24) is 9.78 Å². The van der Waals surface area contributed by atoms with Gasteiger partial charge in [0.25, 0.3) is 5.56 Å². The maximum absolute atomic E-state index is 12.7. The monoisotopic (exact) mass is 528 g/mol. The summed E-state index contributed by atoms with van der Waals surface area (Å²) in [6.45, 7) is 2.63. The van der Waals surface area contributed by atoms with Crippen molar-refractivity contribution in [2.24, 2.45) is 5.10 Å². The third-order valence-corrected chi connectivity index (χ3v) is 6.04. The number of hydrazone groups is 1. The molecule has 0 atom stereocenters. The van der Waals surface area contributed by atoms with Crippen LogP contribution >= 0.6 is 46.4 Å². The number of nitrogens with one attached hydrogen (secondary N) is 1. The summed E-state index contributed by atoms with van der Waals surface area (Å²) in [6.07, 6.45) is 3.83. The third-order valence-electron chi connectivity index (χ3n) is 4.48. The van der Waals surface area contributed by atoms with Crippen LogP contribution in [-0.4, -0.2) is 29.7 Å². The molecule has 0 aliphatic carbocycles. The molecular weight excluding hydrogens is 510 g/mol. The molecule has 0 saturated heterocycles. The third kappa shape index (κ3) is 6.12. The van der Waals surface area contributed by atoms with Crippen LogP contribution in [0.4, 0.5) is 5.69 Å². The number of methoxy groups -OCH3 is 1. The highest BCUT2D eigenvalue weighted by Gasteiger charge is 2.14. The molecule has 174 valence electrons. The number of benzene rings is 2.